The number of esters is 1. The van der Waals surface area contributed by atoms with Crippen molar-refractivity contribution in [2.75, 3.05) is 20.2 Å². The van der Waals surface area contributed by atoms with Gasteiger partial charge in [-0.3, -0.25) is 0 Å². The fraction of sp³-hybridized carbons (Fsp3) is 0.750. The molecule has 0 aromatic heterocycles. The molecule has 21 heavy (non-hydrogen) atoms. The summed E-state index contributed by atoms with van der Waals surface area (Å²) in [6.45, 7) is 7.87. The van der Waals surface area contributed by atoms with Crippen LogP contribution < -0.4 is 5.32 Å². The summed E-state index contributed by atoms with van der Waals surface area (Å²) in [6, 6.07) is -0.208. The zero-order valence-electron chi connectivity index (χ0n) is 13.7. The van der Waals surface area contributed by atoms with Crippen molar-refractivity contribution < 1.29 is 14.3 Å². The molecule has 1 aliphatic rings. The molecule has 0 atom stereocenters. The van der Waals surface area contributed by atoms with E-state index >= 15 is 0 Å². The Bertz CT molecular complexity index is 396. The first-order chi connectivity index (χ1) is 9.89. The Morgan fingerprint density at radius 2 is 1.86 bits per heavy atom. The zero-order valence-corrected chi connectivity index (χ0v) is 13.7. The van der Waals surface area contributed by atoms with Crippen LogP contribution in [0, 0.1) is 5.41 Å². The molecule has 5 nitrogen and oxygen atoms in total. The Balaban J connectivity index is 2.71. The highest BCUT2D eigenvalue weighted by Gasteiger charge is 2.21. The number of rotatable bonds is 5. The molecule has 0 unspecified atom stereocenters. The number of methoxy groups -OCH3 is 1. The van der Waals surface area contributed by atoms with Gasteiger partial charge in [-0.2, -0.15) is 0 Å². The SMILES string of the molecule is CCC(C)(C)C/C=C(\NC(=O)N1CCCCC1)C(=O)OC. The van der Waals surface area contributed by atoms with E-state index < -0.39 is 5.97 Å². The number of piperidine rings is 1. The van der Waals surface area contributed by atoms with E-state index in [0.29, 0.717) is 6.42 Å². The Kier molecular flexibility index (Phi) is 6.72. The molecule has 0 spiro atoms. The quantitative estimate of drug-likeness (QED) is 0.626. The minimum Gasteiger partial charge on any atom is -0.464 e. The van der Waals surface area contributed by atoms with Crippen molar-refractivity contribution in [3.63, 3.8) is 0 Å². The Labute approximate surface area is 127 Å². The predicted octanol–water partition coefficient (Wildman–Crippen LogP) is 3.07. The number of ether oxygens (including phenoxy) is 1. The van der Waals surface area contributed by atoms with Gasteiger partial charge in [0.2, 0.25) is 0 Å². The van der Waals surface area contributed by atoms with Crippen LogP contribution in [0.4, 0.5) is 4.79 Å². The van der Waals surface area contributed by atoms with Crippen LogP contribution in [-0.2, 0) is 9.53 Å². The monoisotopic (exact) mass is 296 g/mol. The molecule has 1 heterocycles. The molecular formula is C16H28N2O3. The van der Waals surface area contributed by atoms with Crippen LogP contribution in [0.3, 0.4) is 0 Å². The van der Waals surface area contributed by atoms with E-state index in [4.69, 9.17) is 4.74 Å². The summed E-state index contributed by atoms with van der Waals surface area (Å²) in [5, 5.41) is 2.71. The Morgan fingerprint density at radius 3 is 2.38 bits per heavy atom. The number of carbonyl (C=O) groups is 2. The lowest BCUT2D eigenvalue weighted by Gasteiger charge is -2.27. The minimum atomic E-state index is -0.493. The summed E-state index contributed by atoms with van der Waals surface area (Å²) < 4.78 is 4.76. The van der Waals surface area contributed by atoms with Gasteiger partial charge in [0.25, 0.3) is 0 Å². The topological polar surface area (TPSA) is 58.6 Å². The Hall–Kier alpha value is -1.52. The van der Waals surface area contributed by atoms with Crippen molar-refractivity contribution in [1.82, 2.24) is 10.2 Å². The van der Waals surface area contributed by atoms with Crippen LogP contribution in [0.2, 0.25) is 0 Å². The van der Waals surface area contributed by atoms with Gasteiger partial charge in [-0.15, -0.1) is 0 Å². The van der Waals surface area contributed by atoms with Gasteiger partial charge < -0.3 is 15.0 Å². The van der Waals surface area contributed by atoms with Crippen molar-refractivity contribution in [3.05, 3.63) is 11.8 Å². The van der Waals surface area contributed by atoms with Gasteiger partial charge in [0.05, 0.1) is 7.11 Å². The number of likely N-dealkylation sites (tertiary alicyclic amines) is 1. The normalized spacial score (nSPS) is 16.6. The number of amides is 2. The standard InChI is InChI=1S/C16H28N2O3/c1-5-16(2,3)10-9-13(14(19)21-4)17-15(20)18-11-7-6-8-12-18/h9H,5-8,10-12H2,1-4H3,(H,17,20)/b13-9-. The second-order valence-electron chi connectivity index (χ2n) is 6.31. The number of nitrogens with zero attached hydrogens (tertiary/aromatic N) is 1. The van der Waals surface area contributed by atoms with Gasteiger partial charge >= 0.3 is 12.0 Å². The summed E-state index contributed by atoms with van der Waals surface area (Å²) in [4.78, 5) is 25.8. The molecule has 5 heteroatoms. The fourth-order valence-corrected chi connectivity index (χ4v) is 2.11. The molecule has 0 aliphatic carbocycles. The van der Waals surface area contributed by atoms with Crippen molar-refractivity contribution in [2.24, 2.45) is 5.41 Å². The lowest BCUT2D eigenvalue weighted by Crippen LogP contribution is -2.43. The number of nitrogens with one attached hydrogen (secondary N) is 1. The van der Waals surface area contributed by atoms with Gasteiger partial charge in [-0.1, -0.05) is 33.3 Å². The highest BCUT2D eigenvalue weighted by molar-refractivity contribution is 5.93. The third kappa shape index (κ3) is 5.78. The number of hydrogen-bond donors (Lipinski definition) is 1. The maximum atomic E-state index is 12.2. The molecule has 1 saturated heterocycles. The van der Waals surface area contributed by atoms with Gasteiger partial charge in [0.1, 0.15) is 5.70 Å². The largest absolute Gasteiger partial charge is 0.464 e. The molecule has 0 bridgehead atoms. The van der Waals surface area contributed by atoms with Gasteiger partial charge in [0, 0.05) is 13.1 Å². The van der Waals surface area contributed by atoms with Crippen LogP contribution in [-0.4, -0.2) is 37.1 Å². The van der Waals surface area contributed by atoms with Crippen LogP contribution in [0.25, 0.3) is 0 Å². The molecule has 1 aliphatic heterocycles. The molecule has 2 amide bonds. The lowest BCUT2D eigenvalue weighted by atomic mass is 9.86. The highest BCUT2D eigenvalue weighted by atomic mass is 16.5. The van der Waals surface area contributed by atoms with E-state index in [9.17, 15) is 9.59 Å². The second kappa shape index (κ2) is 8.05. The predicted molar refractivity (Wildman–Crippen MR) is 82.7 cm³/mol. The third-order valence-corrected chi connectivity index (χ3v) is 4.11. The molecule has 0 aromatic rings. The van der Waals surface area contributed by atoms with Gasteiger partial charge in [-0.25, -0.2) is 9.59 Å². The third-order valence-electron chi connectivity index (χ3n) is 4.11. The first-order valence-corrected chi connectivity index (χ1v) is 7.74. The first-order valence-electron chi connectivity index (χ1n) is 7.74. The summed E-state index contributed by atoms with van der Waals surface area (Å²) in [5.74, 6) is -0.493. The van der Waals surface area contributed by atoms with E-state index in [1.54, 1.807) is 11.0 Å². The van der Waals surface area contributed by atoms with Gasteiger partial charge in [-0.05, 0) is 31.1 Å². The number of hydrogen-bond acceptors (Lipinski definition) is 3. The maximum absolute atomic E-state index is 12.2. The average molecular weight is 296 g/mol. The molecular weight excluding hydrogens is 268 g/mol. The fourth-order valence-electron chi connectivity index (χ4n) is 2.11. The molecule has 0 aromatic carbocycles. The maximum Gasteiger partial charge on any atom is 0.354 e. The van der Waals surface area contributed by atoms with Crippen molar-refractivity contribution >= 4 is 12.0 Å². The molecule has 0 radical (unpaired) electrons. The molecule has 0 saturated carbocycles. The van der Waals surface area contributed by atoms with Gasteiger partial charge in [0.15, 0.2) is 0 Å². The molecule has 1 rings (SSSR count). The van der Waals surface area contributed by atoms with E-state index in [-0.39, 0.29) is 17.1 Å². The minimum absolute atomic E-state index is 0.0924. The summed E-state index contributed by atoms with van der Waals surface area (Å²) in [6.07, 6.45) is 6.69. The lowest BCUT2D eigenvalue weighted by molar-refractivity contribution is -0.136. The van der Waals surface area contributed by atoms with Crippen LogP contribution >= 0.6 is 0 Å². The zero-order chi connectivity index (χ0) is 15.9. The second-order valence-corrected chi connectivity index (χ2v) is 6.31. The van der Waals surface area contributed by atoms with E-state index in [0.717, 1.165) is 38.8 Å². The van der Waals surface area contributed by atoms with Crippen molar-refractivity contribution in [1.29, 1.82) is 0 Å². The van der Waals surface area contributed by atoms with E-state index in [2.05, 4.69) is 26.1 Å². The highest BCUT2D eigenvalue weighted by Crippen LogP contribution is 2.25. The smallest absolute Gasteiger partial charge is 0.354 e. The number of carbonyl (C=O) groups excluding carboxylic acids is 2. The Morgan fingerprint density at radius 1 is 1.24 bits per heavy atom. The van der Waals surface area contributed by atoms with Crippen LogP contribution in [0.5, 0.6) is 0 Å². The average Bonchev–Trinajstić information content (AvgIpc) is 2.51. The molecule has 1 N–H and O–H groups in total. The molecule has 1 fully saturated rings. The summed E-state index contributed by atoms with van der Waals surface area (Å²) in [7, 11) is 1.33. The molecule has 120 valence electrons. The van der Waals surface area contributed by atoms with Crippen LogP contribution in [0.15, 0.2) is 11.8 Å². The van der Waals surface area contributed by atoms with E-state index in [1.165, 1.54) is 7.11 Å². The van der Waals surface area contributed by atoms with Crippen LogP contribution in [0.1, 0.15) is 52.9 Å². The van der Waals surface area contributed by atoms with Crippen molar-refractivity contribution in [2.45, 2.75) is 52.9 Å². The number of urea groups is 1. The number of allylic oxidation sites excluding steroid dienone is 1. The first kappa shape index (κ1) is 17.5. The summed E-state index contributed by atoms with van der Waals surface area (Å²) >= 11 is 0. The summed E-state index contributed by atoms with van der Waals surface area (Å²) in [5.41, 5.74) is 0.337. The van der Waals surface area contributed by atoms with E-state index in [1.807, 2.05) is 0 Å². The van der Waals surface area contributed by atoms with Crippen molar-refractivity contribution in [3.8, 4) is 0 Å².